The molecule has 0 spiro atoms. The van der Waals surface area contributed by atoms with Gasteiger partial charge in [0.25, 0.3) is 0 Å². The van der Waals surface area contributed by atoms with E-state index in [1.54, 1.807) is 0 Å². The van der Waals surface area contributed by atoms with Gasteiger partial charge in [-0.05, 0) is 48.1 Å². The average molecular weight is 490 g/mol. The second kappa shape index (κ2) is 10.2. The van der Waals surface area contributed by atoms with Crippen molar-refractivity contribution in [3.05, 3.63) is 53.3 Å². The Morgan fingerprint density at radius 2 is 1.50 bits per heavy atom. The topological polar surface area (TPSA) is 9.23 Å². The summed E-state index contributed by atoms with van der Waals surface area (Å²) < 4.78 is 113. The molecule has 0 atom stereocenters. The van der Waals surface area contributed by atoms with Gasteiger partial charge in [-0.3, -0.25) is 0 Å². The minimum Gasteiger partial charge on any atom is -0.432 e. The highest BCUT2D eigenvalue weighted by molar-refractivity contribution is 5.66. The molecule has 0 N–H and O–H groups in total. The second-order valence-electron chi connectivity index (χ2n) is 8.61. The summed E-state index contributed by atoms with van der Waals surface area (Å²) in [5, 5.41) is 0. The van der Waals surface area contributed by atoms with Crippen LogP contribution < -0.4 is 4.74 Å². The van der Waals surface area contributed by atoms with Crippen molar-refractivity contribution < 1.29 is 39.9 Å². The molecule has 0 unspecified atom stereocenters. The molecule has 0 amide bonds. The first-order chi connectivity index (χ1) is 15.8. The molecule has 1 aliphatic rings. The lowest BCUT2D eigenvalue weighted by molar-refractivity contribution is -0.183. The number of ether oxygens (including phenoxy) is 1. The van der Waals surface area contributed by atoms with Gasteiger partial charge in [-0.25, -0.2) is 13.2 Å². The molecule has 184 valence electrons. The summed E-state index contributed by atoms with van der Waals surface area (Å²) in [6.45, 7) is 2.13. The standard InChI is InChI=1S/C25H22F8O/c1-15-2-4-16(5-3-15)8-11-25(32,33)34-18-6-7-19(23(28)14-18)17-12-21(26)20(22(27)13-17)9-10-24(29,30)31/h6-7,12-16H,2-5,8,11H2,1H3. The van der Waals surface area contributed by atoms with Crippen LogP contribution in [0.1, 0.15) is 51.0 Å². The molecule has 0 bridgehead atoms. The van der Waals surface area contributed by atoms with E-state index in [0.29, 0.717) is 24.1 Å². The van der Waals surface area contributed by atoms with E-state index in [1.165, 1.54) is 5.92 Å². The van der Waals surface area contributed by atoms with Gasteiger partial charge in [0.2, 0.25) is 0 Å². The van der Waals surface area contributed by atoms with Crippen LogP contribution in [0, 0.1) is 41.1 Å². The molecule has 1 fully saturated rings. The van der Waals surface area contributed by atoms with Gasteiger partial charge in [0.15, 0.2) is 0 Å². The van der Waals surface area contributed by atoms with Crippen molar-refractivity contribution in [2.45, 2.75) is 57.7 Å². The summed E-state index contributed by atoms with van der Waals surface area (Å²) in [5.41, 5.74) is -1.80. The molecule has 1 aliphatic carbocycles. The van der Waals surface area contributed by atoms with Gasteiger partial charge >= 0.3 is 12.3 Å². The summed E-state index contributed by atoms with van der Waals surface area (Å²) in [4.78, 5) is 0. The van der Waals surface area contributed by atoms with E-state index < -0.39 is 47.5 Å². The molecule has 0 saturated heterocycles. The lowest BCUT2D eigenvalue weighted by atomic mass is 9.81. The Balaban J connectivity index is 1.71. The van der Waals surface area contributed by atoms with Crippen molar-refractivity contribution in [2.24, 2.45) is 11.8 Å². The molecule has 1 saturated carbocycles. The molecule has 0 heterocycles. The Bertz CT molecular complexity index is 1050. The van der Waals surface area contributed by atoms with Crippen molar-refractivity contribution in [2.75, 3.05) is 0 Å². The smallest absolute Gasteiger partial charge is 0.432 e. The van der Waals surface area contributed by atoms with Gasteiger partial charge in [0, 0.05) is 17.6 Å². The third kappa shape index (κ3) is 7.12. The molecule has 34 heavy (non-hydrogen) atoms. The quantitative estimate of drug-likeness (QED) is 0.293. The highest BCUT2D eigenvalue weighted by Gasteiger charge is 2.33. The largest absolute Gasteiger partial charge is 0.458 e. The first-order valence-corrected chi connectivity index (χ1v) is 10.8. The monoisotopic (exact) mass is 490 g/mol. The van der Waals surface area contributed by atoms with Crippen molar-refractivity contribution in [1.29, 1.82) is 0 Å². The molecule has 3 rings (SSSR count). The Kier molecular flexibility index (Phi) is 7.79. The highest BCUT2D eigenvalue weighted by Crippen LogP contribution is 2.36. The van der Waals surface area contributed by atoms with Crippen LogP contribution in [0.5, 0.6) is 5.75 Å². The highest BCUT2D eigenvalue weighted by atomic mass is 19.4. The van der Waals surface area contributed by atoms with Gasteiger partial charge in [0.05, 0.1) is 12.0 Å². The van der Waals surface area contributed by atoms with E-state index in [1.807, 2.05) is 0 Å². The van der Waals surface area contributed by atoms with E-state index in [0.717, 1.165) is 43.7 Å². The third-order valence-electron chi connectivity index (χ3n) is 5.87. The molecule has 1 nitrogen and oxygen atoms in total. The first kappa shape index (κ1) is 25.9. The molecular weight excluding hydrogens is 468 g/mol. The van der Waals surface area contributed by atoms with Crippen molar-refractivity contribution in [3.63, 3.8) is 0 Å². The van der Waals surface area contributed by atoms with Gasteiger partial charge in [-0.1, -0.05) is 38.5 Å². The Morgan fingerprint density at radius 3 is 2.06 bits per heavy atom. The normalized spacial score (nSPS) is 18.9. The second-order valence-corrected chi connectivity index (χ2v) is 8.61. The van der Waals surface area contributed by atoms with Crippen LogP contribution in [-0.4, -0.2) is 12.3 Å². The van der Waals surface area contributed by atoms with Crippen LogP contribution in [0.2, 0.25) is 0 Å². The SMILES string of the molecule is CC1CCC(CCC(F)(F)Oc2ccc(-c3cc(F)c(C#CC(F)(F)F)c(F)c3)c(F)c2)CC1. The van der Waals surface area contributed by atoms with Gasteiger partial charge in [-0.15, -0.1) is 0 Å². The van der Waals surface area contributed by atoms with E-state index in [2.05, 4.69) is 11.7 Å². The number of hydrogen-bond acceptors (Lipinski definition) is 1. The fourth-order valence-corrected chi connectivity index (χ4v) is 3.99. The zero-order chi connectivity index (χ0) is 25.1. The number of benzene rings is 2. The average Bonchev–Trinajstić information content (AvgIpc) is 2.71. The first-order valence-electron chi connectivity index (χ1n) is 10.8. The Hall–Kier alpha value is -2.76. The summed E-state index contributed by atoms with van der Waals surface area (Å²) >= 11 is 0. The van der Waals surface area contributed by atoms with Crippen molar-refractivity contribution in [1.82, 2.24) is 0 Å². The number of alkyl halides is 5. The van der Waals surface area contributed by atoms with Crippen molar-refractivity contribution in [3.8, 4) is 28.7 Å². The predicted octanol–water partition coefficient (Wildman–Crippen LogP) is 8.26. The molecule has 0 radical (unpaired) electrons. The van der Waals surface area contributed by atoms with Crippen LogP contribution in [0.4, 0.5) is 35.1 Å². The molecule has 0 aromatic heterocycles. The van der Waals surface area contributed by atoms with Crippen LogP contribution in [0.25, 0.3) is 11.1 Å². The number of hydrogen-bond donors (Lipinski definition) is 0. The van der Waals surface area contributed by atoms with Crippen LogP contribution in [-0.2, 0) is 0 Å². The van der Waals surface area contributed by atoms with E-state index in [9.17, 15) is 35.1 Å². The molecule has 0 aliphatic heterocycles. The van der Waals surface area contributed by atoms with Crippen LogP contribution in [0.3, 0.4) is 0 Å². The summed E-state index contributed by atoms with van der Waals surface area (Å²) in [6.07, 6.45) is -4.94. The van der Waals surface area contributed by atoms with Crippen LogP contribution >= 0.6 is 0 Å². The Labute approximate surface area is 192 Å². The van der Waals surface area contributed by atoms with E-state index in [4.69, 9.17) is 0 Å². The zero-order valence-electron chi connectivity index (χ0n) is 18.2. The predicted molar refractivity (Wildman–Crippen MR) is 111 cm³/mol. The fraction of sp³-hybridized carbons (Fsp3) is 0.440. The van der Waals surface area contributed by atoms with Crippen molar-refractivity contribution >= 4 is 0 Å². The van der Waals surface area contributed by atoms with Gasteiger partial charge < -0.3 is 4.74 Å². The minimum atomic E-state index is -4.95. The molecule has 2 aromatic carbocycles. The number of halogens is 8. The molecule has 9 heteroatoms. The zero-order valence-corrected chi connectivity index (χ0v) is 18.2. The molecular formula is C25H22F8O. The fourth-order valence-electron chi connectivity index (χ4n) is 3.99. The van der Waals surface area contributed by atoms with Gasteiger partial charge in [-0.2, -0.15) is 22.0 Å². The summed E-state index contributed by atoms with van der Waals surface area (Å²) in [7, 11) is 0. The van der Waals surface area contributed by atoms with E-state index in [-0.39, 0.29) is 23.5 Å². The maximum absolute atomic E-state index is 14.5. The minimum absolute atomic E-state index is 0.193. The lowest BCUT2D eigenvalue weighted by Gasteiger charge is -2.27. The maximum Gasteiger partial charge on any atom is 0.458 e. The number of rotatable bonds is 6. The Morgan fingerprint density at radius 1 is 0.882 bits per heavy atom. The summed E-state index contributed by atoms with van der Waals surface area (Å²) in [6, 6.07) is 3.92. The maximum atomic E-state index is 14.5. The van der Waals surface area contributed by atoms with Gasteiger partial charge in [0.1, 0.15) is 23.2 Å². The summed E-state index contributed by atoms with van der Waals surface area (Å²) in [5.74, 6) is -1.48. The molecule has 2 aromatic rings. The van der Waals surface area contributed by atoms with Crippen LogP contribution in [0.15, 0.2) is 30.3 Å². The lowest BCUT2D eigenvalue weighted by Crippen LogP contribution is -2.26. The third-order valence-corrected chi connectivity index (χ3v) is 5.87. The van der Waals surface area contributed by atoms with E-state index >= 15 is 0 Å².